The van der Waals surface area contributed by atoms with Crippen molar-refractivity contribution < 1.29 is 9.26 Å². The maximum Gasteiger partial charge on any atom is 0.133 e. The molecule has 5 nitrogen and oxygen atoms in total. The van der Waals surface area contributed by atoms with Gasteiger partial charge in [-0.2, -0.15) is 0 Å². The second-order valence-electron chi connectivity index (χ2n) is 6.44. The van der Waals surface area contributed by atoms with E-state index in [-0.39, 0.29) is 6.10 Å². The van der Waals surface area contributed by atoms with Gasteiger partial charge in [-0.25, -0.2) is 4.98 Å². The maximum atomic E-state index is 6.25. The van der Waals surface area contributed by atoms with Gasteiger partial charge in [-0.3, -0.25) is 4.90 Å². The predicted molar refractivity (Wildman–Crippen MR) is 83.7 cm³/mol. The predicted octanol–water partition coefficient (Wildman–Crippen LogP) is 3.10. The summed E-state index contributed by atoms with van der Waals surface area (Å²) >= 11 is 1.73. The van der Waals surface area contributed by atoms with Crippen LogP contribution in [0.1, 0.15) is 41.1 Å². The molecule has 0 aromatic carbocycles. The molecule has 118 valence electrons. The Morgan fingerprint density at radius 3 is 3.05 bits per heavy atom. The summed E-state index contributed by atoms with van der Waals surface area (Å²) in [5, 5.41) is 7.36. The number of fused-ring (bicyclic) bond motifs is 1. The zero-order chi connectivity index (χ0) is 15.1. The number of aromatic nitrogens is 2. The van der Waals surface area contributed by atoms with Crippen LogP contribution in [-0.2, 0) is 11.3 Å². The summed E-state index contributed by atoms with van der Waals surface area (Å²) in [6.45, 7) is 7.01. The van der Waals surface area contributed by atoms with Crippen LogP contribution < -0.4 is 0 Å². The van der Waals surface area contributed by atoms with Crippen LogP contribution in [0.4, 0.5) is 0 Å². The first-order chi connectivity index (χ1) is 10.7. The monoisotopic (exact) mass is 319 g/mol. The van der Waals surface area contributed by atoms with E-state index in [1.807, 2.05) is 19.9 Å². The fourth-order valence-electron chi connectivity index (χ4n) is 3.58. The van der Waals surface area contributed by atoms with E-state index in [0.29, 0.717) is 12.0 Å². The Kier molecular flexibility index (Phi) is 3.76. The van der Waals surface area contributed by atoms with Crippen LogP contribution in [0.2, 0.25) is 0 Å². The van der Waals surface area contributed by atoms with Gasteiger partial charge in [0.25, 0.3) is 0 Å². The van der Waals surface area contributed by atoms with Crippen molar-refractivity contribution in [2.75, 3.05) is 13.1 Å². The summed E-state index contributed by atoms with van der Waals surface area (Å²) in [4.78, 5) is 7.07. The minimum Gasteiger partial charge on any atom is -0.367 e. The second kappa shape index (κ2) is 5.76. The fourth-order valence-corrected chi connectivity index (χ4v) is 4.42. The van der Waals surface area contributed by atoms with Crippen LogP contribution in [0.5, 0.6) is 0 Å². The maximum absolute atomic E-state index is 6.25. The highest BCUT2D eigenvalue weighted by atomic mass is 32.1. The van der Waals surface area contributed by atoms with Crippen LogP contribution in [0, 0.1) is 19.8 Å². The summed E-state index contributed by atoms with van der Waals surface area (Å²) in [7, 11) is 0. The smallest absolute Gasteiger partial charge is 0.133 e. The number of hydrogen-bond acceptors (Lipinski definition) is 6. The van der Waals surface area contributed by atoms with E-state index < -0.39 is 0 Å². The molecular weight excluding hydrogens is 298 g/mol. The van der Waals surface area contributed by atoms with Crippen LogP contribution in [0.3, 0.4) is 0 Å². The third-order valence-electron chi connectivity index (χ3n) is 4.58. The SMILES string of the molecule is Cc1csc([C@H]2C[C@H]3CN(Cc4cc(C)on4)CC[C@@H]3O2)n1. The summed E-state index contributed by atoms with van der Waals surface area (Å²) < 4.78 is 11.4. The molecule has 0 radical (unpaired) electrons. The molecule has 22 heavy (non-hydrogen) atoms. The topological polar surface area (TPSA) is 51.4 Å². The molecule has 0 N–H and O–H groups in total. The molecule has 2 aromatic rings. The Morgan fingerprint density at radius 2 is 2.32 bits per heavy atom. The first kappa shape index (κ1) is 14.4. The number of hydrogen-bond donors (Lipinski definition) is 0. The van der Waals surface area contributed by atoms with Crippen molar-refractivity contribution in [3.8, 4) is 0 Å². The Morgan fingerprint density at radius 1 is 1.41 bits per heavy atom. The van der Waals surface area contributed by atoms with E-state index in [9.17, 15) is 0 Å². The summed E-state index contributed by atoms with van der Waals surface area (Å²) in [6.07, 6.45) is 2.78. The van der Waals surface area contributed by atoms with Crippen LogP contribution in [0.15, 0.2) is 16.0 Å². The van der Waals surface area contributed by atoms with Crippen molar-refractivity contribution >= 4 is 11.3 Å². The Labute approximate surface area is 134 Å². The molecule has 0 spiro atoms. The fraction of sp³-hybridized carbons (Fsp3) is 0.625. The third-order valence-corrected chi connectivity index (χ3v) is 5.63. The molecule has 3 atom stereocenters. The summed E-state index contributed by atoms with van der Waals surface area (Å²) in [6, 6.07) is 2.03. The number of aryl methyl sites for hydroxylation is 2. The molecule has 6 heteroatoms. The van der Waals surface area contributed by atoms with E-state index in [4.69, 9.17) is 9.26 Å². The van der Waals surface area contributed by atoms with E-state index in [2.05, 4.69) is 20.4 Å². The minimum atomic E-state index is 0.197. The lowest BCUT2D eigenvalue weighted by molar-refractivity contribution is -0.00135. The van der Waals surface area contributed by atoms with Gasteiger partial charge < -0.3 is 9.26 Å². The number of rotatable bonds is 3. The van der Waals surface area contributed by atoms with Crippen LogP contribution >= 0.6 is 11.3 Å². The van der Waals surface area contributed by atoms with Crippen molar-refractivity contribution in [3.05, 3.63) is 33.6 Å². The summed E-state index contributed by atoms with van der Waals surface area (Å²) in [5.41, 5.74) is 2.13. The molecular formula is C16H21N3O2S. The first-order valence-corrected chi connectivity index (χ1v) is 8.77. The lowest BCUT2D eigenvalue weighted by Crippen LogP contribution is -2.40. The van der Waals surface area contributed by atoms with Crippen molar-refractivity contribution in [2.24, 2.45) is 5.92 Å². The second-order valence-corrected chi connectivity index (χ2v) is 7.33. The zero-order valence-electron chi connectivity index (χ0n) is 13.0. The molecule has 4 rings (SSSR count). The molecule has 0 unspecified atom stereocenters. The van der Waals surface area contributed by atoms with Crippen LogP contribution in [-0.4, -0.2) is 34.2 Å². The number of piperidine rings is 1. The van der Waals surface area contributed by atoms with Gasteiger partial charge in [-0.1, -0.05) is 5.16 Å². The summed E-state index contributed by atoms with van der Waals surface area (Å²) in [5.74, 6) is 1.49. The Bertz CT molecular complexity index is 653. The van der Waals surface area contributed by atoms with Gasteiger partial charge >= 0.3 is 0 Å². The van der Waals surface area contributed by atoms with Crippen molar-refractivity contribution in [3.63, 3.8) is 0 Å². The van der Waals surface area contributed by atoms with Gasteiger partial charge in [-0.15, -0.1) is 11.3 Å². The van der Waals surface area contributed by atoms with Gasteiger partial charge in [-0.05, 0) is 26.7 Å². The average Bonchev–Trinajstić information content (AvgIpc) is 3.18. The number of nitrogens with zero attached hydrogens (tertiary/aromatic N) is 3. The average molecular weight is 319 g/mol. The van der Waals surface area contributed by atoms with E-state index >= 15 is 0 Å². The standard InChI is InChI=1S/C16H21N3O2S/c1-10-9-22-16(17-10)15-6-12-7-19(4-3-14(12)20-15)8-13-5-11(2)21-18-13/h5,9,12,14-15H,3-4,6-8H2,1-2H3/t12-,14-,15+/m0/s1. The highest BCUT2D eigenvalue weighted by Crippen LogP contribution is 2.41. The van der Waals surface area contributed by atoms with Crippen molar-refractivity contribution in [1.82, 2.24) is 15.0 Å². The lowest BCUT2D eigenvalue weighted by atomic mass is 9.93. The van der Waals surface area contributed by atoms with Gasteiger partial charge in [0.05, 0.1) is 11.8 Å². The van der Waals surface area contributed by atoms with Gasteiger partial charge in [0.2, 0.25) is 0 Å². The third kappa shape index (κ3) is 2.83. The molecule has 2 aliphatic rings. The zero-order valence-corrected chi connectivity index (χ0v) is 13.8. The molecule has 4 heterocycles. The van der Waals surface area contributed by atoms with Gasteiger partial charge in [0.1, 0.15) is 16.9 Å². The van der Waals surface area contributed by atoms with Crippen LogP contribution in [0.25, 0.3) is 0 Å². The molecule has 0 saturated carbocycles. The Hall–Kier alpha value is -1.24. The molecule has 0 aliphatic carbocycles. The van der Waals surface area contributed by atoms with Gasteiger partial charge in [0, 0.05) is 42.7 Å². The largest absolute Gasteiger partial charge is 0.367 e. The first-order valence-electron chi connectivity index (χ1n) is 7.89. The highest BCUT2D eigenvalue weighted by Gasteiger charge is 2.40. The molecule has 0 bridgehead atoms. The molecule has 2 fully saturated rings. The molecule has 0 amide bonds. The molecule has 2 aliphatic heterocycles. The Balaban J connectivity index is 1.39. The van der Waals surface area contributed by atoms with E-state index in [1.165, 1.54) is 0 Å². The number of thiazole rings is 1. The van der Waals surface area contributed by atoms with E-state index in [0.717, 1.165) is 54.6 Å². The van der Waals surface area contributed by atoms with E-state index in [1.54, 1.807) is 11.3 Å². The highest BCUT2D eigenvalue weighted by molar-refractivity contribution is 7.09. The van der Waals surface area contributed by atoms with Gasteiger partial charge in [0.15, 0.2) is 0 Å². The lowest BCUT2D eigenvalue weighted by Gasteiger charge is -2.33. The number of likely N-dealkylation sites (tertiary alicyclic amines) is 1. The molecule has 2 aromatic heterocycles. The minimum absolute atomic E-state index is 0.197. The van der Waals surface area contributed by atoms with Crippen molar-refractivity contribution in [1.29, 1.82) is 0 Å². The quantitative estimate of drug-likeness (QED) is 0.870. The molecule has 2 saturated heterocycles. The normalized spacial score (nSPS) is 28.9. The van der Waals surface area contributed by atoms with Crippen molar-refractivity contribution in [2.45, 2.75) is 45.4 Å². The number of ether oxygens (including phenoxy) is 1.